The van der Waals surface area contributed by atoms with E-state index in [-0.39, 0.29) is 0 Å². The van der Waals surface area contributed by atoms with Crippen molar-refractivity contribution in [1.82, 2.24) is 9.97 Å². The van der Waals surface area contributed by atoms with Gasteiger partial charge in [-0.25, -0.2) is 9.97 Å². The summed E-state index contributed by atoms with van der Waals surface area (Å²) in [5, 5.41) is 6.70. The van der Waals surface area contributed by atoms with Crippen molar-refractivity contribution in [3.63, 3.8) is 0 Å². The van der Waals surface area contributed by atoms with Gasteiger partial charge < -0.3 is 10.6 Å². The predicted molar refractivity (Wildman–Crippen MR) is 99.0 cm³/mol. The van der Waals surface area contributed by atoms with E-state index in [0.717, 1.165) is 22.4 Å². The van der Waals surface area contributed by atoms with Gasteiger partial charge >= 0.3 is 0 Å². The van der Waals surface area contributed by atoms with Crippen molar-refractivity contribution in [1.29, 1.82) is 0 Å². The molecule has 0 spiro atoms. The van der Waals surface area contributed by atoms with E-state index in [1.165, 1.54) is 0 Å². The average Bonchev–Trinajstić information content (AvgIpc) is 2.64. The minimum absolute atomic E-state index is 0.698. The molecule has 0 bridgehead atoms. The normalized spacial score (nSPS) is 10.5. The Morgan fingerprint density at radius 2 is 0.833 bits per heavy atom. The van der Waals surface area contributed by atoms with Gasteiger partial charge in [-0.05, 0) is 36.4 Å². The van der Waals surface area contributed by atoms with E-state index in [4.69, 9.17) is 9.97 Å². The smallest absolute Gasteiger partial charge is 0.174 e. The standard InChI is InChI=1S/C20H16N4/c1-3-9-15(10-4-1)21-19-20(22-16-11-5-2-6-12-16)24-18-14-8-7-13-17(18)23-19/h1-14H,(H,21,23)(H,22,24). The van der Waals surface area contributed by atoms with Crippen LogP contribution in [0.2, 0.25) is 0 Å². The number of nitrogens with zero attached hydrogens (tertiary/aromatic N) is 2. The molecule has 4 nitrogen and oxygen atoms in total. The Bertz CT molecular complexity index is 873. The second-order valence-electron chi connectivity index (χ2n) is 5.39. The number of benzene rings is 3. The fourth-order valence-electron chi connectivity index (χ4n) is 2.49. The SMILES string of the molecule is c1ccc(Nc2nc3ccccc3nc2Nc2ccccc2)cc1. The minimum atomic E-state index is 0.698. The molecule has 0 aliphatic rings. The maximum atomic E-state index is 4.73. The summed E-state index contributed by atoms with van der Waals surface area (Å²) in [6.07, 6.45) is 0. The minimum Gasteiger partial charge on any atom is -0.337 e. The molecule has 4 aromatic rings. The number of nitrogens with one attached hydrogen (secondary N) is 2. The molecule has 0 saturated heterocycles. The molecule has 0 radical (unpaired) electrons. The first kappa shape index (κ1) is 14.2. The molecule has 116 valence electrons. The van der Waals surface area contributed by atoms with E-state index in [1.807, 2.05) is 84.9 Å². The van der Waals surface area contributed by atoms with E-state index >= 15 is 0 Å². The lowest BCUT2D eigenvalue weighted by Crippen LogP contribution is -2.03. The molecule has 2 N–H and O–H groups in total. The van der Waals surface area contributed by atoms with Crippen molar-refractivity contribution in [3.05, 3.63) is 84.9 Å². The largest absolute Gasteiger partial charge is 0.337 e. The van der Waals surface area contributed by atoms with Crippen LogP contribution in [0.3, 0.4) is 0 Å². The number of aromatic nitrogens is 2. The number of anilines is 4. The Morgan fingerprint density at radius 1 is 0.458 bits per heavy atom. The summed E-state index contributed by atoms with van der Waals surface area (Å²) in [6, 6.07) is 27.8. The van der Waals surface area contributed by atoms with Crippen molar-refractivity contribution in [3.8, 4) is 0 Å². The first-order valence-corrected chi connectivity index (χ1v) is 7.79. The van der Waals surface area contributed by atoms with Crippen LogP contribution in [0.25, 0.3) is 11.0 Å². The van der Waals surface area contributed by atoms with Gasteiger partial charge in [-0.3, -0.25) is 0 Å². The lowest BCUT2D eigenvalue weighted by atomic mass is 10.3. The van der Waals surface area contributed by atoms with Crippen LogP contribution in [0.5, 0.6) is 0 Å². The van der Waals surface area contributed by atoms with Gasteiger partial charge in [0.05, 0.1) is 11.0 Å². The molecule has 3 aromatic carbocycles. The van der Waals surface area contributed by atoms with Gasteiger partial charge in [-0.1, -0.05) is 48.5 Å². The van der Waals surface area contributed by atoms with Gasteiger partial charge in [0.2, 0.25) is 0 Å². The van der Waals surface area contributed by atoms with E-state index in [1.54, 1.807) is 0 Å². The van der Waals surface area contributed by atoms with Crippen LogP contribution in [0, 0.1) is 0 Å². The zero-order valence-corrected chi connectivity index (χ0v) is 13.0. The molecule has 4 rings (SSSR count). The maximum Gasteiger partial charge on any atom is 0.174 e. The molecule has 0 saturated carbocycles. The third-order valence-electron chi connectivity index (χ3n) is 3.64. The maximum absolute atomic E-state index is 4.73. The van der Waals surface area contributed by atoms with Crippen molar-refractivity contribution in [2.45, 2.75) is 0 Å². The predicted octanol–water partition coefficient (Wildman–Crippen LogP) is 5.12. The monoisotopic (exact) mass is 312 g/mol. The van der Waals surface area contributed by atoms with Crippen LogP contribution in [-0.4, -0.2) is 9.97 Å². The fraction of sp³-hybridized carbons (Fsp3) is 0. The summed E-state index contributed by atoms with van der Waals surface area (Å²) in [6.45, 7) is 0. The molecule has 4 heteroatoms. The zero-order chi connectivity index (χ0) is 16.2. The van der Waals surface area contributed by atoms with Gasteiger partial charge in [0.25, 0.3) is 0 Å². The van der Waals surface area contributed by atoms with Gasteiger partial charge in [0, 0.05) is 11.4 Å². The molecule has 0 aliphatic carbocycles. The van der Waals surface area contributed by atoms with Gasteiger partial charge in [-0.2, -0.15) is 0 Å². The summed E-state index contributed by atoms with van der Waals surface area (Å²) in [4.78, 5) is 9.46. The molecule has 0 unspecified atom stereocenters. The molecule has 0 atom stereocenters. The fourth-order valence-corrected chi connectivity index (χ4v) is 2.49. The number of hydrogen-bond donors (Lipinski definition) is 2. The highest BCUT2D eigenvalue weighted by Crippen LogP contribution is 2.27. The van der Waals surface area contributed by atoms with Crippen LogP contribution in [0.1, 0.15) is 0 Å². The Morgan fingerprint density at radius 3 is 1.25 bits per heavy atom. The third kappa shape index (κ3) is 3.03. The topological polar surface area (TPSA) is 49.8 Å². The zero-order valence-electron chi connectivity index (χ0n) is 13.0. The molecule has 0 fully saturated rings. The van der Waals surface area contributed by atoms with Crippen LogP contribution < -0.4 is 10.6 Å². The van der Waals surface area contributed by atoms with Crippen LogP contribution >= 0.6 is 0 Å². The van der Waals surface area contributed by atoms with Crippen molar-refractivity contribution >= 4 is 34.0 Å². The molecule has 1 aromatic heterocycles. The van der Waals surface area contributed by atoms with Gasteiger partial charge in [-0.15, -0.1) is 0 Å². The lowest BCUT2D eigenvalue weighted by molar-refractivity contribution is 1.27. The molecule has 0 aliphatic heterocycles. The van der Waals surface area contributed by atoms with Crippen molar-refractivity contribution < 1.29 is 0 Å². The second kappa shape index (κ2) is 6.38. The number of hydrogen-bond acceptors (Lipinski definition) is 4. The highest BCUT2D eigenvalue weighted by atomic mass is 15.1. The molecular formula is C20H16N4. The third-order valence-corrected chi connectivity index (χ3v) is 3.64. The van der Waals surface area contributed by atoms with Gasteiger partial charge in [0.15, 0.2) is 11.6 Å². The van der Waals surface area contributed by atoms with Crippen LogP contribution in [0.4, 0.5) is 23.0 Å². The Balaban J connectivity index is 1.78. The van der Waals surface area contributed by atoms with Gasteiger partial charge in [0.1, 0.15) is 0 Å². The lowest BCUT2D eigenvalue weighted by Gasteiger charge is -2.13. The number of rotatable bonds is 4. The van der Waals surface area contributed by atoms with E-state index in [9.17, 15) is 0 Å². The molecule has 0 amide bonds. The van der Waals surface area contributed by atoms with E-state index in [0.29, 0.717) is 11.6 Å². The van der Waals surface area contributed by atoms with Crippen molar-refractivity contribution in [2.75, 3.05) is 10.6 Å². The van der Waals surface area contributed by atoms with Crippen molar-refractivity contribution in [2.24, 2.45) is 0 Å². The quantitative estimate of drug-likeness (QED) is 0.549. The number of fused-ring (bicyclic) bond motifs is 1. The first-order valence-electron chi connectivity index (χ1n) is 7.79. The summed E-state index contributed by atoms with van der Waals surface area (Å²) in [5.41, 5.74) is 3.65. The Labute approximate surface area is 140 Å². The Kier molecular flexibility index (Phi) is 3.78. The van der Waals surface area contributed by atoms with E-state index in [2.05, 4.69) is 10.6 Å². The van der Waals surface area contributed by atoms with Crippen LogP contribution in [0.15, 0.2) is 84.9 Å². The second-order valence-corrected chi connectivity index (χ2v) is 5.39. The first-order chi connectivity index (χ1) is 11.9. The summed E-state index contributed by atoms with van der Waals surface area (Å²) in [7, 11) is 0. The summed E-state index contributed by atoms with van der Waals surface area (Å²) < 4.78 is 0. The number of para-hydroxylation sites is 4. The Hall–Kier alpha value is -3.40. The highest BCUT2D eigenvalue weighted by Gasteiger charge is 2.09. The summed E-state index contributed by atoms with van der Waals surface area (Å²) in [5.74, 6) is 1.40. The summed E-state index contributed by atoms with van der Waals surface area (Å²) >= 11 is 0. The van der Waals surface area contributed by atoms with Crippen LogP contribution in [-0.2, 0) is 0 Å². The highest BCUT2D eigenvalue weighted by molar-refractivity contribution is 5.83. The molecule has 1 heterocycles. The molecular weight excluding hydrogens is 296 g/mol. The van der Waals surface area contributed by atoms with E-state index < -0.39 is 0 Å². The average molecular weight is 312 g/mol. The molecule has 24 heavy (non-hydrogen) atoms.